The third-order valence-corrected chi connectivity index (χ3v) is 5.57. The van der Waals surface area contributed by atoms with Crippen molar-refractivity contribution >= 4 is 50.7 Å². The Morgan fingerprint density at radius 3 is 2.67 bits per heavy atom. The molecule has 1 aliphatic rings. The Hall–Kier alpha value is -1.40. The van der Waals surface area contributed by atoms with Crippen LogP contribution < -0.4 is 15.0 Å². The van der Waals surface area contributed by atoms with Crippen molar-refractivity contribution in [3.05, 3.63) is 25.8 Å². The average molecular weight is 440 g/mol. The number of aliphatic hydroxyl groups excluding tert-OH is 3. The highest BCUT2D eigenvalue weighted by Gasteiger charge is 2.46. The van der Waals surface area contributed by atoms with E-state index in [1.54, 1.807) is 0 Å². The van der Waals surface area contributed by atoms with E-state index >= 15 is 0 Å². The molecule has 0 aliphatic carbocycles. The lowest BCUT2D eigenvalue weighted by atomic mass is 9.97. The van der Waals surface area contributed by atoms with Crippen molar-refractivity contribution in [1.82, 2.24) is 5.32 Å². The minimum atomic E-state index is -1.48. The Kier molecular flexibility index (Phi) is 5.96. The Morgan fingerprint density at radius 2 is 2.04 bits per heavy atom. The molecule has 1 aromatic heterocycles. The SMILES string of the molecule is CC(=O)N[C@H]1[C@@H](Oc2cc3sc(=O)oc3c(Cl)c2Cl)O[C@@H](CO)[C@@H](O)[C@H]1O. The second-order valence-electron chi connectivity index (χ2n) is 5.83. The summed E-state index contributed by atoms with van der Waals surface area (Å²) in [4.78, 5) is 22.3. The van der Waals surface area contributed by atoms with Crippen molar-refractivity contribution in [2.75, 3.05) is 6.61 Å². The van der Waals surface area contributed by atoms with Gasteiger partial charge in [-0.2, -0.15) is 0 Å². The minimum absolute atomic E-state index is 0.00634. The van der Waals surface area contributed by atoms with E-state index in [2.05, 4.69) is 5.32 Å². The molecular formula is C15H15Cl2NO8S. The molecule has 9 nitrogen and oxygen atoms in total. The number of carbonyl (C=O) groups excluding carboxylic acids is 1. The van der Waals surface area contributed by atoms with Gasteiger partial charge >= 0.3 is 4.94 Å². The molecule has 1 fully saturated rings. The number of aliphatic hydroxyl groups is 3. The maximum atomic E-state index is 11.5. The smallest absolute Gasteiger partial charge is 0.396 e. The standard InChI is InChI=1S/C15H15Cl2NO8S/c1-4(20)18-10-12(22)11(21)6(3-19)25-14(10)24-5-2-7-13(9(17)8(5)16)26-15(23)27-7/h2,6,10-12,14,19,21-22H,3H2,1H3,(H,18,20)/t6-,10+,11+,12-,14-/m0/s1. The van der Waals surface area contributed by atoms with Gasteiger partial charge in [0, 0.05) is 13.0 Å². The average Bonchev–Trinajstić information content (AvgIpc) is 2.99. The molecule has 0 spiro atoms. The van der Waals surface area contributed by atoms with E-state index in [9.17, 15) is 24.9 Å². The molecule has 1 aliphatic heterocycles. The Labute approximate surface area is 166 Å². The van der Waals surface area contributed by atoms with Crippen molar-refractivity contribution < 1.29 is 34.0 Å². The molecule has 1 amide bonds. The maximum Gasteiger partial charge on any atom is 0.396 e. The van der Waals surface area contributed by atoms with E-state index in [0.29, 0.717) is 4.70 Å². The third kappa shape index (κ3) is 3.92. The Balaban J connectivity index is 1.97. The number of amides is 1. The highest BCUT2D eigenvalue weighted by atomic mass is 35.5. The third-order valence-electron chi connectivity index (χ3n) is 3.97. The fourth-order valence-corrected chi connectivity index (χ4v) is 3.89. The van der Waals surface area contributed by atoms with Crippen molar-refractivity contribution in [2.24, 2.45) is 0 Å². The van der Waals surface area contributed by atoms with Crippen molar-refractivity contribution in [1.29, 1.82) is 0 Å². The van der Waals surface area contributed by atoms with Crippen LogP contribution >= 0.6 is 34.5 Å². The number of fused-ring (bicyclic) bond motifs is 1. The summed E-state index contributed by atoms with van der Waals surface area (Å²) < 4.78 is 16.5. The summed E-state index contributed by atoms with van der Waals surface area (Å²) in [6, 6.07) is 0.243. The van der Waals surface area contributed by atoms with Gasteiger partial charge in [0.1, 0.15) is 40.1 Å². The van der Waals surface area contributed by atoms with Gasteiger partial charge < -0.3 is 34.5 Å². The molecule has 2 aromatic rings. The Morgan fingerprint density at radius 1 is 1.33 bits per heavy atom. The van der Waals surface area contributed by atoms with Crippen LogP contribution in [0, 0.1) is 0 Å². The second kappa shape index (κ2) is 7.92. The highest BCUT2D eigenvalue weighted by Crippen LogP contribution is 2.40. The van der Waals surface area contributed by atoms with Gasteiger partial charge in [0.2, 0.25) is 12.2 Å². The highest BCUT2D eigenvalue weighted by molar-refractivity contribution is 7.16. The van der Waals surface area contributed by atoms with E-state index in [4.69, 9.17) is 37.1 Å². The summed E-state index contributed by atoms with van der Waals surface area (Å²) in [5.41, 5.74) is 0.107. The first-order valence-electron chi connectivity index (χ1n) is 7.70. The number of ether oxygens (including phenoxy) is 2. The van der Waals surface area contributed by atoms with E-state index in [0.717, 1.165) is 11.3 Å². The zero-order valence-corrected chi connectivity index (χ0v) is 16.0. The lowest BCUT2D eigenvalue weighted by Crippen LogP contribution is -2.65. The van der Waals surface area contributed by atoms with Crippen LogP contribution in [0.4, 0.5) is 0 Å². The number of hydrogen-bond acceptors (Lipinski definition) is 9. The number of rotatable bonds is 4. The van der Waals surface area contributed by atoms with Gasteiger partial charge in [0.25, 0.3) is 0 Å². The maximum absolute atomic E-state index is 11.5. The molecule has 0 radical (unpaired) electrons. The lowest BCUT2D eigenvalue weighted by Gasteiger charge is -2.42. The molecule has 148 valence electrons. The van der Waals surface area contributed by atoms with Crippen molar-refractivity contribution in [3.63, 3.8) is 0 Å². The molecule has 0 unspecified atom stereocenters. The molecule has 5 atom stereocenters. The van der Waals surface area contributed by atoms with Crippen LogP contribution in [0.15, 0.2) is 15.3 Å². The summed E-state index contributed by atoms with van der Waals surface area (Å²) in [5.74, 6) is -0.495. The second-order valence-corrected chi connectivity index (χ2v) is 7.57. The van der Waals surface area contributed by atoms with E-state index in [1.807, 2.05) is 0 Å². The number of carbonyl (C=O) groups is 1. The summed E-state index contributed by atoms with van der Waals surface area (Å²) in [7, 11) is 0. The van der Waals surface area contributed by atoms with Crippen LogP contribution in [0.25, 0.3) is 10.3 Å². The van der Waals surface area contributed by atoms with Crippen LogP contribution in [-0.2, 0) is 9.53 Å². The molecule has 4 N–H and O–H groups in total. The molecule has 2 heterocycles. The lowest BCUT2D eigenvalue weighted by molar-refractivity contribution is -0.244. The first kappa shape index (κ1) is 20.3. The van der Waals surface area contributed by atoms with Crippen LogP contribution in [0.3, 0.4) is 0 Å². The molecule has 1 aromatic carbocycles. The topological polar surface area (TPSA) is 138 Å². The quantitative estimate of drug-likeness (QED) is 0.539. The van der Waals surface area contributed by atoms with Gasteiger partial charge in [0.05, 0.1) is 11.3 Å². The summed E-state index contributed by atoms with van der Waals surface area (Å²) in [5, 5.41) is 32.0. The molecule has 12 heteroatoms. The van der Waals surface area contributed by atoms with E-state index in [-0.39, 0.29) is 21.4 Å². The fraction of sp³-hybridized carbons (Fsp3) is 0.467. The normalized spacial score (nSPS) is 28.3. The molecule has 0 saturated carbocycles. The van der Waals surface area contributed by atoms with Crippen LogP contribution in [0.5, 0.6) is 5.75 Å². The van der Waals surface area contributed by atoms with Gasteiger partial charge in [-0.1, -0.05) is 34.5 Å². The van der Waals surface area contributed by atoms with Gasteiger partial charge in [-0.25, -0.2) is 4.79 Å². The van der Waals surface area contributed by atoms with E-state index in [1.165, 1.54) is 13.0 Å². The number of benzene rings is 1. The van der Waals surface area contributed by atoms with Gasteiger partial charge in [-0.05, 0) is 0 Å². The molecular weight excluding hydrogens is 425 g/mol. The first-order chi connectivity index (χ1) is 12.7. The molecule has 27 heavy (non-hydrogen) atoms. The minimum Gasteiger partial charge on any atom is -0.461 e. The van der Waals surface area contributed by atoms with Crippen LogP contribution in [-0.4, -0.2) is 58.5 Å². The number of nitrogens with one attached hydrogen (secondary N) is 1. The van der Waals surface area contributed by atoms with Crippen molar-refractivity contribution in [3.8, 4) is 5.75 Å². The summed E-state index contributed by atoms with van der Waals surface area (Å²) >= 11 is 13.1. The molecule has 3 rings (SSSR count). The van der Waals surface area contributed by atoms with Gasteiger partial charge in [0.15, 0.2) is 5.58 Å². The summed E-state index contributed by atoms with van der Waals surface area (Å²) in [6.45, 7) is 0.620. The Bertz CT molecular complexity index is 915. The number of halogens is 2. The predicted molar refractivity (Wildman–Crippen MR) is 96.4 cm³/mol. The van der Waals surface area contributed by atoms with Gasteiger partial charge in [-0.15, -0.1) is 0 Å². The zero-order valence-electron chi connectivity index (χ0n) is 13.7. The van der Waals surface area contributed by atoms with Crippen LogP contribution in [0.2, 0.25) is 10.0 Å². The first-order valence-corrected chi connectivity index (χ1v) is 9.28. The largest absolute Gasteiger partial charge is 0.461 e. The van der Waals surface area contributed by atoms with Crippen molar-refractivity contribution in [2.45, 2.75) is 37.6 Å². The summed E-state index contributed by atoms with van der Waals surface area (Å²) in [6.07, 6.45) is -5.39. The zero-order chi connectivity index (χ0) is 19.9. The van der Waals surface area contributed by atoms with E-state index < -0.39 is 48.1 Å². The van der Waals surface area contributed by atoms with Crippen LogP contribution in [0.1, 0.15) is 6.92 Å². The van der Waals surface area contributed by atoms with Gasteiger partial charge in [-0.3, -0.25) is 4.79 Å². The molecule has 1 saturated heterocycles. The fourth-order valence-electron chi connectivity index (χ4n) is 2.71. The monoisotopic (exact) mass is 439 g/mol. The number of hydrogen-bond donors (Lipinski definition) is 4. The molecule has 0 bridgehead atoms. The predicted octanol–water partition coefficient (Wildman–Crippen LogP) is 0.484.